The fraction of sp³-hybridized carbons (Fsp3) is 0.400. The summed E-state index contributed by atoms with van der Waals surface area (Å²) in [6.45, 7) is 3.61. The molecule has 0 saturated heterocycles. The second-order valence-corrected chi connectivity index (χ2v) is 2.84. The van der Waals surface area contributed by atoms with Crippen LogP contribution in [0.4, 0.5) is 0 Å². The van der Waals surface area contributed by atoms with Gasteiger partial charge in [-0.15, -0.1) is 6.58 Å². The van der Waals surface area contributed by atoms with Gasteiger partial charge in [0.2, 0.25) is 0 Å². The largest absolute Gasteiger partial charge is 0.364 e. The SMILES string of the molecule is C=CCCCCC(=O)c1ccon1. The van der Waals surface area contributed by atoms with Crippen LogP contribution < -0.4 is 0 Å². The van der Waals surface area contributed by atoms with Crippen LogP contribution in [0.2, 0.25) is 0 Å². The number of Topliss-reactive ketones (excluding diaryl/α,β-unsaturated/α-hetero) is 1. The Labute approximate surface area is 77.4 Å². The zero-order chi connectivity index (χ0) is 9.52. The molecule has 0 aliphatic rings. The lowest BCUT2D eigenvalue weighted by Crippen LogP contribution is -1.98. The Kier molecular flexibility index (Phi) is 3.96. The standard InChI is InChI=1S/C10H13NO2/c1-2-3-4-5-6-10(12)9-7-8-13-11-9/h2,7-8H,1,3-6H2. The third kappa shape index (κ3) is 3.23. The molecule has 0 aliphatic carbocycles. The van der Waals surface area contributed by atoms with Crippen molar-refractivity contribution < 1.29 is 9.32 Å². The smallest absolute Gasteiger partial charge is 0.184 e. The number of carbonyl (C=O) groups excluding carboxylic acids is 1. The van der Waals surface area contributed by atoms with Gasteiger partial charge in [0.15, 0.2) is 5.78 Å². The van der Waals surface area contributed by atoms with Crippen LogP contribution >= 0.6 is 0 Å². The predicted molar refractivity (Wildman–Crippen MR) is 49.5 cm³/mol. The van der Waals surface area contributed by atoms with Crippen LogP contribution in [0.25, 0.3) is 0 Å². The van der Waals surface area contributed by atoms with E-state index in [9.17, 15) is 4.79 Å². The van der Waals surface area contributed by atoms with Gasteiger partial charge in [-0.1, -0.05) is 11.2 Å². The first-order valence-corrected chi connectivity index (χ1v) is 4.39. The van der Waals surface area contributed by atoms with E-state index in [0.29, 0.717) is 12.1 Å². The third-order valence-corrected chi connectivity index (χ3v) is 1.79. The van der Waals surface area contributed by atoms with Gasteiger partial charge in [-0.05, 0) is 19.3 Å². The van der Waals surface area contributed by atoms with E-state index in [1.165, 1.54) is 6.26 Å². The maximum atomic E-state index is 11.3. The Morgan fingerprint density at radius 1 is 1.62 bits per heavy atom. The van der Waals surface area contributed by atoms with Gasteiger partial charge in [0.1, 0.15) is 12.0 Å². The maximum absolute atomic E-state index is 11.3. The fourth-order valence-electron chi connectivity index (χ4n) is 1.06. The highest BCUT2D eigenvalue weighted by Gasteiger charge is 2.07. The lowest BCUT2D eigenvalue weighted by Gasteiger charge is -1.94. The molecule has 0 aliphatic heterocycles. The molecule has 1 rings (SSSR count). The van der Waals surface area contributed by atoms with Crippen LogP contribution in [0.15, 0.2) is 29.5 Å². The lowest BCUT2D eigenvalue weighted by molar-refractivity contribution is 0.0970. The molecule has 13 heavy (non-hydrogen) atoms. The zero-order valence-corrected chi connectivity index (χ0v) is 7.53. The Hall–Kier alpha value is -1.38. The number of ketones is 1. The van der Waals surface area contributed by atoms with E-state index in [2.05, 4.69) is 16.3 Å². The first-order valence-electron chi connectivity index (χ1n) is 4.39. The minimum absolute atomic E-state index is 0.0535. The van der Waals surface area contributed by atoms with Crippen molar-refractivity contribution in [2.45, 2.75) is 25.7 Å². The number of unbranched alkanes of at least 4 members (excludes halogenated alkanes) is 2. The molecule has 0 fully saturated rings. The first kappa shape index (κ1) is 9.71. The Balaban J connectivity index is 2.23. The van der Waals surface area contributed by atoms with E-state index in [1.54, 1.807) is 6.07 Å². The molecule has 1 heterocycles. The van der Waals surface area contributed by atoms with Gasteiger partial charge in [0.25, 0.3) is 0 Å². The summed E-state index contributed by atoms with van der Waals surface area (Å²) >= 11 is 0. The molecule has 0 unspecified atom stereocenters. The molecule has 70 valence electrons. The van der Waals surface area contributed by atoms with Crippen molar-refractivity contribution in [2.24, 2.45) is 0 Å². The summed E-state index contributed by atoms with van der Waals surface area (Å²) in [6, 6.07) is 1.59. The van der Waals surface area contributed by atoms with Crippen LogP contribution in [0.5, 0.6) is 0 Å². The number of hydrogen-bond acceptors (Lipinski definition) is 3. The monoisotopic (exact) mass is 179 g/mol. The number of rotatable bonds is 6. The van der Waals surface area contributed by atoms with Gasteiger partial charge in [-0.2, -0.15) is 0 Å². The van der Waals surface area contributed by atoms with Gasteiger partial charge >= 0.3 is 0 Å². The third-order valence-electron chi connectivity index (χ3n) is 1.79. The molecule has 0 amide bonds. The van der Waals surface area contributed by atoms with Crippen molar-refractivity contribution in [3.63, 3.8) is 0 Å². The van der Waals surface area contributed by atoms with Crippen molar-refractivity contribution in [2.75, 3.05) is 0 Å². The molecule has 0 bridgehead atoms. The predicted octanol–water partition coefficient (Wildman–Crippen LogP) is 2.60. The summed E-state index contributed by atoms with van der Waals surface area (Å²) in [5.74, 6) is 0.0535. The molecule has 3 nitrogen and oxygen atoms in total. The molecule has 0 atom stereocenters. The number of aromatic nitrogens is 1. The highest BCUT2D eigenvalue weighted by molar-refractivity contribution is 5.93. The zero-order valence-electron chi connectivity index (χ0n) is 7.53. The quantitative estimate of drug-likeness (QED) is 0.383. The number of allylic oxidation sites excluding steroid dienone is 1. The van der Waals surface area contributed by atoms with Crippen LogP contribution in [-0.4, -0.2) is 10.9 Å². The number of nitrogens with zero attached hydrogens (tertiary/aromatic N) is 1. The van der Waals surface area contributed by atoms with Crippen molar-refractivity contribution in [1.82, 2.24) is 5.16 Å². The summed E-state index contributed by atoms with van der Waals surface area (Å²) in [5.41, 5.74) is 0.429. The van der Waals surface area contributed by atoms with E-state index in [1.807, 2.05) is 6.08 Å². The summed E-state index contributed by atoms with van der Waals surface area (Å²) in [5, 5.41) is 3.57. The van der Waals surface area contributed by atoms with E-state index >= 15 is 0 Å². The number of hydrogen-bond donors (Lipinski definition) is 0. The maximum Gasteiger partial charge on any atom is 0.184 e. The van der Waals surface area contributed by atoms with Gasteiger partial charge < -0.3 is 4.52 Å². The average Bonchev–Trinajstić information content (AvgIpc) is 2.65. The highest BCUT2D eigenvalue weighted by Crippen LogP contribution is 2.06. The highest BCUT2D eigenvalue weighted by atomic mass is 16.5. The average molecular weight is 179 g/mol. The molecule has 1 aromatic rings. The molecule has 3 heteroatoms. The summed E-state index contributed by atoms with van der Waals surface area (Å²) in [6.07, 6.45) is 6.68. The van der Waals surface area contributed by atoms with E-state index in [-0.39, 0.29) is 5.78 Å². The van der Waals surface area contributed by atoms with Crippen molar-refractivity contribution in [3.05, 3.63) is 30.7 Å². The van der Waals surface area contributed by atoms with Crippen molar-refractivity contribution in [1.29, 1.82) is 0 Å². The number of carbonyl (C=O) groups is 1. The molecular formula is C10H13NO2. The van der Waals surface area contributed by atoms with Gasteiger partial charge in [-0.25, -0.2) is 0 Å². The fourth-order valence-corrected chi connectivity index (χ4v) is 1.06. The van der Waals surface area contributed by atoms with Gasteiger partial charge in [-0.3, -0.25) is 4.79 Å². The molecule has 0 aromatic carbocycles. The first-order chi connectivity index (χ1) is 6.34. The second-order valence-electron chi connectivity index (χ2n) is 2.84. The normalized spacial score (nSPS) is 9.85. The van der Waals surface area contributed by atoms with Crippen LogP contribution in [0, 0.1) is 0 Å². The summed E-state index contributed by atoms with van der Waals surface area (Å²) in [4.78, 5) is 11.3. The van der Waals surface area contributed by atoms with Crippen LogP contribution in [0.3, 0.4) is 0 Å². The lowest BCUT2D eigenvalue weighted by atomic mass is 10.1. The molecule has 0 saturated carbocycles. The summed E-state index contributed by atoms with van der Waals surface area (Å²) in [7, 11) is 0. The Morgan fingerprint density at radius 2 is 2.46 bits per heavy atom. The topological polar surface area (TPSA) is 43.1 Å². The minimum atomic E-state index is 0.0535. The van der Waals surface area contributed by atoms with Crippen LogP contribution in [-0.2, 0) is 0 Å². The second kappa shape index (κ2) is 5.30. The minimum Gasteiger partial charge on any atom is -0.364 e. The Morgan fingerprint density at radius 3 is 3.08 bits per heavy atom. The van der Waals surface area contributed by atoms with Crippen molar-refractivity contribution in [3.8, 4) is 0 Å². The van der Waals surface area contributed by atoms with E-state index < -0.39 is 0 Å². The Bertz CT molecular complexity index is 264. The van der Waals surface area contributed by atoms with Crippen molar-refractivity contribution >= 4 is 5.78 Å². The molecule has 1 aromatic heterocycles. The summed E-state index contributed by atoms with van der Waals surface area (Å²) < 4.78 is 4.58. The molecule has 0 N–H and O–H groups in total. The van der Waals surface area contributed by atoms with Gasteiger partial charge in [0.05, 0.1) is 0 Å². The molecule has 0 spiro atoms. The molecular weight excluding hydrogens is 166 g/mol. The van der Waals surface area contributed by atoms with E-state index in [4.69, 9.17) is 0 Å². The van der Waals surface area contributed by atoms with Gasteiger partial charge in [0, 0.05) is 12.5 Å². The van der Waals surface area contributed by atoms with E-state index in [0.717, 1.165) is 19.3 Å². The van der Waals surface area contributed by atoms with Crippen LogP contribution in [0.1, 0.15) is 36.2 Å². The molecule has 0 radical (unpaired) electrons.